The summed E-state index contributed by atoms with van der Waals surface area (Å²) in [5.41, 5.74) is 4.76. The monoisotopic (exact) mass is 274 g/mol. The fourth-order valence-corrected chi connectivity index (χ4v) is 1.85. The maximum Gasteiger partial charge on any atom is 0.237 e. The number of nitrogens with one attached hydrogen (secondary N) is 1. The minimum Gasteiger partial charge on any atom is -0.379 e. The van der Waals surface area contributed by atoms with E-state index in [0.717, 1.165) is 26.0 Å². The Morgan fingerprint density at radius 3 is 2.47 bits per heavy atom. The Kier molecular flexibility index (Phi) is 9.83. The third-order valence-electron chi connectivity index (χ3n) is 2.98. The van der Waals surface area contributed by atoms with E-state index >= 15 is 0 Å². The van der Waals surface area contributed by atoms with Gasteiger partial charge in [0.2, 0.25) is 5.91 Å². The number of carbonyl (C=O) groups excluding carboxylic acids is 1. The average Bonchev–Trinajstić information content (AvgIpc) is 2.36. The maximum absolute atomic E-state index is 11.6. The summed E-state index contributed by atoms with van der Waals surface area (Å²) in [5, 5.41) is 3.20. The third kappa shape index (κ3) is 8.18. The van der Waals surface area contributed by atoms with Crippen LogP contribution in [0.1, 0.15) is 47.0 Å². The zero-order valence-corrected chi connectivity index (χ0v) is 12.8. The summed E-state index contributed by atoms with van der Waals surface area (Å²) in [5.74, 6) is -0.335. The van der Waals surface area contributed by atoms with Crippen LogP contribution in [-0.4, -0.2) is 43.9 Å². The quantitative estimate of drug-likeness (QED) is 0.528. The van der Waals surface area contributed by atoms with Gasteiger partial charge >= 0.3 is 0 Å². The molecule has 2 atom stereocenters. The molecule has 0 aromatic carbocycles. The van der Waals surface area contributed by atoms with Gasteiger partial charge in [0.25, 0.3) is 0 Å². The first kappa shape index (κ1) is 18.4. The van der Waals surface area contributed by atoms with Gasteiger partial charge in [-0.05, 0) is 33.2 Å². The molecule has 2 unspecified atom stereocenters. The molecule has 114 valence electrons. The molecule has 0 aromatic heterocycles. The van der Waals surface area contributed by atoms with Gasteiger partial charge in [0, 0.05) is 13.0 Å². The minimum absolute atomic E-state index is 0.0351. The normalized spacial score (nSPS) is 16.0. The van der Waals surface area contributed by atoms with Crippen LogP contribution < -0.4 is 11.1 Å². The van der Waals surface area contributed by atoms with Gasteiger partial charge in [0.05, 0.1) is 24.9 Å². The molecule has 5 heteroatoms. The minimum atomic E-state index is -0.709. The molecule has 0 aliphatic heterocycles. The zero-order valence-electron chi connectivity index (χ0n) is 12.8. The number of primary amides is 1. The lowest BCUT2D eigenvalue weighted by atomic mass is 9.93. The van der Waals surface area contributed by atoms with Crippen LogP contribution in [0.2, 0.25) is 0 Å². The topological polar surface area (TPSA) is 73.6 Å². The van der Waals surface area contributed by atoms with Crippen molar-refractivity contribution in [3.05, 3.63) is 0 Å². The second-order valence-electron chi connectivity index (χ2n) is 5.12. The summed E-state index contributed by atoms with van der Waals surface area (Å²) < 4.78 is 11.0. The predicted molar refractivity (Wildman–Crippen MR) is 77.0 cm³/mol. The lowest BCUT2D eigenvalue weighted by molar-refractivity contribution is -0.125. The Labute approximate surface area is 117 Å². The standard InChI is InChI=1S/C14H30N2O3/c1-5-7-16-14(4,13(15)17)11-12(3)19-10-9-18-8-6-2/h12,16H,5-11H2,1-4H3,(H2,15,17). The molecule has 5 nitrogen and oxygen atoms in total. The van der Waals surface area contributed by atoms with E-state index in [2.05, 4.69) is 19.2 Å². The molecule has 0 aromatic rings. The van der Waals surface area contributed by atoms with Crippen molar-refractivity contribution in [3.8, 4) is 0 Å². The van der Waals surface area contributed by atoms with Crippen LogP contribution in [0.5, 0.6) is 0 Å². The number of rotatable bonds is 12. The first-order valence-electron chi connectivity index (χ1n) is 7.20. The van der Waals surface area contributed by atoms with E-state index in [0.29, 0.717) is 19.6 Å². The Balaban J connectivity index is 4.02. The average molecular weight is 274 g/mol. The van der Waals surface area contributed by atoms with Crippen molar-refractivity contribution >= 4 is 5.91 Å². The zero-order chi connectivity index (χ0) is 14.7. The van der Waals surface area contributed by atoms with Crippen molar-refractivity contribution in [1.82, 2.24) is 5.32 Å². The van der Waals surface area contributed by atoms with Crippen molar-refractivity contribution in [2.24, 2.45) is 5.73 Å². The summed E-state index contributed by atoms with van der Waals surface area (Å²) in [4.78, 5) is 11.6. The third-order valence-corrected chi connectivity index (χ3v) is 2.98. The molecule has 0 rings (SSSR count). The summed E-state index contributed by atoms with van der Waals surface area (Å²) in [6.45, 7) is 10.6. The van der Waals surface area contributed by atoms with Crippen LogP contribution in [0.15, 0.2) is 0 Å². The van der Waals surface area contributed by atoms with Crippen LogP contribution in [0.25, 0.3) is 0 Å². The van der Waals surface area contributed by atoms with Gasteiger partial charge < -0.3 is 20.5 Å². The number of amides is 1. The van der Waals surface area contributed by atoms with Gasteiger partial charge in [-0.25, -0.2) is 0 Å². The van der Waals surface area contributed by atoms with Crippen LogP contribution in [0.4, 0.5) is 0 Å². The fraction of sp³-hybridized carbons (Fsp3) is 0.929. The van der Waals surface area contributed by atoms with Crippen LogP contribution in [0, 0.1) is 0 Å². The second kappa shape index (κ2) is 10.2. The van der Waals surface area contributed by atoms with Gasteiger partial charge in [0.15, 0.2) is 0 Å². The first-order valence-corrected chi connectivity index (χ1v) is 7.20. The number of hydrogen-bond acceptors (Lipinski definition) is 4. The number of nitrogens with two attached hydrogens (primary N) is 1. The lowest BCUT2D eigenvalue weighted by Crippen LogP contribution is -2.55. The van der Waals surface area contributed by atoms with E-state index in [-0.39, 0.29) is 12.0 Å². The molecule has 1 amide bonds. The van der Waals surface area contributed by atoms with Gasteiger partial charge in [-0.3, -0.25) is 4.79 Å². The molecule has 0 aliphatic rings. The van der Waals surface area contributed by atoms with E-state index in [1.165, 1.54) is 0 Å². The van der Waals surface area contributed by atoms with Crippen molar-refractivity contribution < 1.29 is 14.3 Å². The molecular weight excluding hydrogens is 244 g/mol. The summed E-state index contributed by atoms with van der Waals surface area (Å²) >= 11 is 0. The Morgan fingerprint density at radius 2 is 1.95 bits per heavy atom. The molecule has 3 N–H and O–H groups in total. The first-order chi connectivity index (χ1) is 8.96. The van der Waals surface area contributed by atoms with Crippen LogP contribution in [0.3, 0.4) is 0 Å². The molecule has 0 saturated heterocycles. The molecule has 0 bridgehead atoms. The van der Waals surface area contributed by atoms with Gasteiger partial charge in [0.1, 0.15) is 0 Å². The van der Waals surface area contributed by atoms with Crippen molar-refractivity contribution in [1.29, 1.82) is 0 Å². The summed E-state index contributed by atoms with van der Waals surface area (Å²) in [6.07, 6.45) is 2.50. The number of hydrogen-bond donors (Lipinski definition) is 2. The lowest BCUT2D eigenvalue weighted by Gasteiger charge is -2.30. The predicted octanol–water partition coefficient (Wildman–Crippen LogP) is 1.45. The fourth-order valence-electron chi connectivity index (χ4n) is 1.85. The van der Waals surface area contributed by atoms with E-state index in [9.17, 15) is 4.79 Å². The second-order valence-corrected chi connectivity index (χ2v) is 5.12. The highest BCUT2D eigenvalue weighted by molar-refractivity contribution is 5.84. The van der Waals surface area contributed by atoms with Crippen molar-refractivity contribution in [2.45, 2.75) is 58.6 Å². The summed E-state index contributed by atoms with van der Waals surface area (Å²) in [7, 11) is 0. The Hall–Kier alpha value is -0.650. The van der Waals surface area contributed by atoms with Gasteiger partial charge in [-0.1, -0.05) is 13.8 Å². The van der Waals surface area contributed by atoms with Crippen LogP contribution >= 0.6 is 0 Å². The number of ether oxygens (including phenoxy) is 2. The Morgan fingerprint density at radius 1 is 1.26 bits per heavy atom. The van der Waals surface area contributed by atoms with E-state index in [4.69, 9.17) is 15.2 Å². The van der Waals surface area contributed by atoms with Crippen molar-refractivity contribution in [2.75, 3.05) is 26.4 Å². The van der Waals surface area contributed by atoms with E-state index < -0.39 is 5.54 Å². The highest BCUT2D eigenvalue weighted by Gasteiger charge is 2.32. The molecule has 19 heavy (non-hydrogen) atoms. The molecular formula is C14H30N2O3. The summed E-state index contributed by atoms with van der Waals surface area (Å²) in [6, 6.07) is 0. The van der Waals surface area contributed by atoms with Crippen molar-refractivity contribution in [3.63, 3.8) is 0 Å². The molecule has 0 saturated carbocycles. The smallest absolute Gasteiger partial charge is 0.237 e. The van der Waals surface area contributed by atoms with Crippen LogP contribution in [-0.2, 0) is 14.3 Å². The van der Waals surface area contributed by atoms with Gasteiger partial charge in [-0.15, -0.1) is 0 Å². The Bertz CT molecular complexity index is 249. The molecule has 0 fully saturated rings. The molecule has 0 radical (unpaired) electrons. The highest BCUT2D eigenvalue weighted by atomic mass is 16.5. The van der Waals surface area contributed by atoms with E-state index in [1.54, 1.807) is 0 Å². The number of carbonyl (C=O) groups is 1. The van der Waals surface area contributed by atoms with Gasteiger partial charge in [-0.2, -0.15) is 0 Å². The van der Waals surface area contributed by atoms with E-state index in [1.807, 2.05) is 13.8 Å². The molecule has 0 heterocycles. The molecule has 0 aliphatic carbocycles. The largest absolute Gasteiger partial charge is 0.379 e. The maximum atomic E-state index is 11.6. The highest BCUT2D eigenvalue weighted by Crippen LogP contribution is 2.14. The SMILES string of the molecule is CCCNC(C)(CC(C)OCCOCCC)C(N)=O. The molecule has 0 spiro atoms.